The Balaban J connectivity index is 1.80. The Labute approximate surface area is 188 Å². The Morgan fingerprint density at radius 1 is 1.13 bits per heavy atom. The summed E-state index contributed by atoms with van der Waals surface area (Å²) in [5, 5.41) is 14.0. The van der Waals surface area contributed by atoms with Crippen molar-refractivity contribution in [2.45, 2.75) is 51.6 Å². The molecule has 2 aliphatic rings. The molecule has 5 heteroatoms. The number of rotatable bonds is 4. The number of hydrogen-bond donors (Lipinski definition) is 1. The first-order valence-corrected chi connectivity index (χ1v) is 10.9. The second-order valence-corrected chi connectivity index (χ2v) is 8.82. The van der Waals surface area contributed by atoms with E-state index < -0.39 is 5.92 Å². The van der Waals surface area contributed by atoms with E-state index in [2.05, 4.69) is 11.4 Å². The summed E-state index contributed by atoms with van der Waals surface area (Å²) >= 11 is 6.04. The average Bonchev–Trinajstić information content (AvgIpc) is 2.73. The van der Waals surface area contributed by atoms with Crippen LogP contribution in [0.15, 0.2) is 71.1 Å². The number of allylic oxidation sites excluding steroid dienone is 4. The summed E-state index contributed by atoms with van der Waals surface area (Å²) in [4.78, 5) is 13.5. The molecule has 0 bridgehead atoms. The molecule has 0 fully saturated rings. The molecule has 0 unspecified atom stereocenters. The van der Waals surface area contributed by atoms with Gasteiger partial charge in [-0.15, -0.1) is 0 Å². The number of carbonyl (C=O) groups is 1. The van der Waals surface area contributed by atoms with E-state index in [0.717, 1.165) is 22.5 Å². The third-order valence-corrected chi connectivity index (χ3v) is 6.13. The minimum atomic E-state index is -0.421. The van der Waals surface area contributed by atoms with Crippen molar-refractivity contribution in [2.75, 3.05) is 0 Å². The summed E-state index contributed by atoms with van der Waals surface area (Å²) in [5.41, 5.74) is 4.90. The van der Waals surface area contributed by atoms with Gasteiger partial charge in [-0.3, -0.25) is 4.79 Å². The molecular formula is C26H25ClN2O2. The van der Waals surface area contributed by atoms with Crippen molar-refractivity contribution in [1.82, 2.24) is 5.32 Å². The molecule has 4 rings (SSSR count). The van der Waals surface area contributed by atoms with Gasteiger partial charge in [-0.25, -0.2) is 0 Å². The molecule has 1 aliphatic heterocycles. The van der Waals surface area contributed by atoms with Gasteiger partial charge < -0.3 is 10.1 Å². The van der Waals surface area contributed by atoms with Gasteiger partial charge in [0.1, 0.15) is 5.75 Å². The normalized spacial score (nSPS) is 21.0. The lowest BCUT2D eigenvalue weighted by Gasteiger charge is -2.36. The minimum Gasteiger partial charge on any atom is -0.491 e. The molecule has 0 saturated carbocycles. The standard InChI is InChI=1S/C26H25ClN2O2/c1-15(2)31-24-7-5-4-6-20(24)25-21(14-28)16(3)29-22-12-18(13-23(30)26(22)25)17-8-10-19(27)11-9-17/h4-11,15,18,25,29H,12-13H2,1-3H3/t18-,25+/m0/s1. The predicted octanol–water partition coefficient (Wildman–Crippen LogP) is 6.01. The third-order valence-electron chi connectivity index (χ3n) is 5.88. The largest absolute Gasteiger partial charge is 0.491 e. The lowest BCUT2D eigenvalue weighted by Crippen LogP contribution is -2.33. The Hall–Kier alpha value is -3.03. The maximum absolute atomic E-state index is 13.5. The Morgan fingerprint density at radius 3 is 2.52 bits per heavy atom. The quantitative estimate of drug-likeness (QED) is 0.642. The fourth-order valence-electron chi connectivity index (χ4n) is 4.55. The highest BCUT2D eigenvalue weighted by Crippen LogP contribution is 2.47. The van der Waals surface area contributed by atoms with Crippen LogP contribution in [0.2, 0.25) is 5.02 Å². The van der Waals surface area contributed by atoms with Gasteiger partial charge in [0.05, 0.1) is 23.7 Å². The molecule has 2 atom stereocenters. The molecule has 0 radical (unpaired) electrons. The molecular weight excluding hydrogens is 408 g/mol. The van der Waals surface area contributed by atoms with Crippen LogP contribution in [-0.4, -0.2) is 11.9 Å². The number of nitriles is 1. The van der Waals surface area contributed by atoms with Crippen molar-refractivity contribution in [3.8, 4) is 11.8 Å². The van der Waals surface area contributed by atoms with Crippen LogP contribution in [0.3, 0.4) is 0 Å². The smallest absolute Gasteiger partial charge is 0.162 e. The van der Waals surface area contributed by atoms with Gasteiger partial charge in [-0.2, -0.15) is 5.26 Å². The zero-order chi connectivity index (χ0) is 22.1. The molecule has 0 saturated heterocycles. The first-order chi connectivity index (χ1) is 14.9. The molecule has 0 spiro atoms. The minimum absolute atomic E-state index is 0.0109. The van der Waals surface area contributed by atoms with Gasteiger partial charge in [0.25, 0.3) is 0 Å². The number of benzene rings is 2. The van der Waals surface area contributed by atoms with E-state index in [4.69, 9.17) is 16.3 Å². The van der Waals surface area contributed by atoms with E-state index in [1.54, 1.807) is 0 Å². The topological polar surface area (TPSA) is 62.1 Å². The average molecular weight is 433 g/mol. The number of dihydropyridines is 1. The van der Waals surface area contributed by atoms with Crippen LogP contribution < -0.4 is 10.1 Å². The van der Waals surface area contributed by atoms with E-state index in [9.17, 15) is 10.1 Å². The molecule has 2 aromatic carbocycles. The van der Waals surface area contributed by atoms with E-state index in [1.165, 1.54) is 0 Å². The fourth-order valence-corrected chi connectivity index (χ4v) is 4.67. The number of carbonyl (C=O) groups excluding carboxylic acids is 1. The van der Waals surface area contributed by atoms with E-state index in [-0.39, 0.29) is 17.8 Å². The van der Waals surface area contributed by atoms with Crippen LogP contribution in [0.1, 0.15) is 56.6 Å². The summed E-state index contributed by atoms with van der Waals surface area (Å²) in [5.74, 6) is 0.438. The Kier molecular flexibility index (Phi) is 5.89. The Bertz CT molecular complexity index is 1120. The molecule has 1 heterocycles. The lowest BCUT2D eigenvalue weighted by molar-refractivity contribution is -0.116. The van der Waals surface area contributed by atoms with Crippen molar-refractivity contribution in [2.24, 2.45) is 0 Å². The number of nitrogens with one attached hydrogen (secondary N) is 1. The van der Waals surface area contributed by atoms with Gasteiger partial charge in [0, 0.05) is 34.0 Å². The second-order valence-electron chi connectivity index (χ2n) is 8.39. The van der Waals surface area contributed by atoms with Gasteiger partial charge in [-0.05, 0) is 56.9 Å². The fraction of sp³-hybridized carbons (Fsp3) is 0.308. The number of ether oxygens (including phenoxy) is 1. The first-order valence-electron chi connectivity index (χ1n) is 10.5. The highest BCUT2D eigenvalue weighted by Gasteiger charge is 2.40. The lowest BCUT2D eigenvalue weighted by atomic mass is 9.72. The van der Waals surface area contributed by atoms with Gasteiger partial charge in [-0.1, -0.05) is 41.9 Å². The number of hydrogen-bond acceptors (Lipinski definition) is 4. The number of para-hydroxylation sites is 1. The molecule has 0 aromatic heterocycles. The van der Waals surface area contributed by atoms with Crippen LogP contribution in [0, 0.1) is 11.3 Å². The summed E-state index contributed by atoms with van der Waals surface area (Å²) in [6.45, 7) is 5.84. The van der Waals surface area contributed by atoms with Gasteiger partial charge in [0.2, 0.25) is 0 Å². The van der Waals surface area contributed by atoms with Gasteiger partial charge >= 0.3 is 0 Å². The molecule has 1 N–H and O–H groups in total. The first kappa shape index (κ1) is 21.2. The molecule has 158 valence electrons. The number of nitrogens with zero attached hydrogens (tertiary/aromatic N) is 1. The van der Waals surface area contributed by atoms with Crippen LogP contribution in [0.25, 0.3) is 0 Å². The zero-order valence-corrected chi connectivity index (χ0v) is 18.7. The van der Waals surface area contributed by atoms with E-state index in [0.29, 0.717) is 34.8 Å². The maximum atomic E-state index is 13.5. The molecule has 31 heavy (non-hydrogen) atoms. The molecule has 4 nitrogen and oxygen atoms in total. The summed E-state index contributed by atoms with van der Waals surface area (Å²) in [6.07, 6.45) is 1.11. The highest BCUT2D eigenvalue weighted by molar-refractivity contribution is 6.30. The number of ketones is 1. The second kappa shape index (κ2) is 8.61. The van der Waals surface area contributed by atoms with Crippen molar-refractivity contribution in [3.05, 3.63) is 87.2 Å². The SMILES string of the molecule is CC1=C(C#N)[C@@H](c2ccccc2OC(C)C)C2=C(C[C@H](c3ccc(Cl)cc3)CC2=O)N1. The zero-order valence-electron chi connectivity index (χ0n) is 17.9. The van der Waals surface area contributed by atoms with E-state index >= 15 is 0 Å². The van der Waals surface area contributed by atoms with Crippen molar-refractivity contribution < 1.29 is 9.53 Å². The molecule has 2 aromatic rings. The highest BCUT2D eigenvalue weighted by atomic mass is 35.5. The van der Waals surface area contributed by atoms with Crippen LogP contribution in [0.5, 0.6) is 5.75 Å². The molecule has 1 aliphatic carbocycles. The third kappa shape index (κ3) is 4.11. The van der Waals surface area contributed by atoms with E-state index in [1.807, 2.05) is 69.3 Å². The summed E-state index contributed by atoms with van der Waals surface area (Å²) in [7, 11) is 0. The number of Topliss-reactive ketones (excluding diaryl/α,β-unsaturated/α-hetero) is 1. The predicted molar refractivity (Wildman–Crippen MR) is 122 cm³/mol. The summed E-state index contributed by atoms with van der Waals surface area (Å²) in [6, 6.07) is 17.8. The monoisotopic (exact) mass is 432 g/mol. The van der Waals surface area contributed by atoms with Gasteiger partial charge in [0.15, 0.2) is 5.78 Å². The Morgan fingerprint density at radius 2 is 1.84 bits per heavy atom. The molecule has 0 amide bonds. The van der Waals surface area contributed by atoms with Crippen molar-refractivity contribution in [1.29, 1.82) is 5.26 Å². The van der Waals surface area contributed by atoms with Crippen molar-refractivity contribution in [3.63, 3.8) is 0 Å². The van der Waals surface area contributed by atoms with Crippen LogP contribution in [-0.2, 0) is 4.79 Å². The van der Waals surface area contributed by atoms with Crippen LogP contribution >= 0.6 is 11.6 Å². The van der Waals surface area contributed by atoms with Crippen LogP contribution in [0.4, 0.5) is 0 Å². The van der Waals surface area contributed by atoms with Crippen molar-refractivity contribution >= 4 is 17.4 Å². The maximum Gasteiger partial charge on any atom is 0.162 e. The number of halogens is 1. The summed E-state index contributed by atoms with van der Waals surface area (Å²) < 4.78 is 6.04.